The zero-order chi connectivity index (χ0) is 15.3. The van der Waals surface area contributed by atoms with Crippen LogP contribution in [0.4, 0.5) is 0 Å². The number of para-hydroxylation sites is 1. The number of allylic oxidation sites excluding steroid dienone is 1. The number of rotatable bonds is 9. The molecule has 5 heteroatoms. The van der Waals surface area contributed by atoms with Gasteiger partial charge in [-0.3, -0.25) is 4.99 Å². The van der Waals surface area contributed by atoms with Crippen LogP contribution < -0.4 is 10.1 Å². The van der Waals surface area contributed by atoms with Gasteiger partial charge in [-0.2, -0.15) is 0 Å². The molecular weight excluding hydrogens is 389 g/mol. The summed E-state index contributed by atoms with van der Waals surface area (Å²) in [6, 6.07) is 9.89. The molecule has 4 nitrogen and oxygen atoms in total. The van der Waals surface area contributed by atoms with Crippen molar-refractivity contribution >= 4 is 29.9 Å². The van der Waals surface area contributed by atoms with E-state index in [1.807, 2.05) is 43.5 Å². The van der Waals surface area contributed by atoms with Gasteiger partial charge >= 0.3 is 0 Å². The van der Waals surface area contributed by atoms with E-state index >= 15 is 0 Å². The zero-order valence-corrected chi connectivity index (χ0v) is 16.0. The maximum Gasteiger partial charge on any atom is 0.193 e. The Balaban J connectivity index is 0.00000441. The second kappa shape index (κ2) is 13.4. The van der Waals surface area contributed by atoms with Crippen LogP contribution in [0.25, 0.3) is 0 Å². The van der Waals surface area contributed by atoms with Crippen LogP contribution in [0.5, 0.6) is 5.75 Å². The molecule has 0 aliphatic heterocycles. The Labute approximate surface area is 151 Å². The van der Waals surface area contributed by atoms with Gasteiger partial charge in [-0.05, 0) is 31.4 Å². The van der Waals surface area contributed by atoms with Gasteiger partial charge in [0.05, 0.1) is 6.61 Å². The summed E-state index contributed by atoms with van der Waals surface area (Å²) in [6.45, 7) is 6.27. The molecule has 0 saturated carbocycles. The molecule has 0 heterocycles. The van der Waals surface area contributed by atoms with Gasteiger partial charge < -0.3 is 15.0 Å². The maximum atomic E-state index is 5.66. The van der Waals surface area contributed by atoms with E-state index in [2.05, 4.69) is 28.8 Å². The molecule has 1 rings (SSSR count). The van der Waals surface area contributed by atoms with E-state index in [9.17, 15) is 0 Å². The second-order valence-corrected chi connectivity index (χ2v) is 4.84. The monoisotopic (exact) mass is 417 g/mol. The molecule has 0 aliphatic carbocycles. The molecule has 0 aromatic heterocycles. The lowest BCUT2D eigenvalue weighted by molar-refractivity contribution is 0.310. The van der Waals surface area contributed by atoms with Crippen molar-refractivity contribution in [2.45, 2.75) is 19.3 Å². The van der Waals surface area contributed by atoms with E-state index in [1.54, 1.807) is 0 Å². The van der Waals surface area contributed by atoms with Gasteiger partial charge in [0.15, 0.2) is 5.96 Å². The van der Waals surface area contributed by atoms with Gasteiger partial charge in [-0.25, -0.2) is 0 Å². The Bertz CT molecular complexity index is 423. The van der Waals surface area contributed by atoms with Crippen molar-refractivity contribution in [2.24, 2.45) is 4.99 Å². The standard InChI is InChI=1S/C17H27N3O.HI/c1-4-5-9-14-20(3)17(18-2)19-13-10-15-21-16-11-7-6-8-12-16;/h4,6-8,11-12H,1,5,9-10,13-15H2,2-3H3,(H,18,19);1H. The highest BCUT2D eigenvalue weighted by atomic mass is 127. The van der Waals surface area contributed by atoms with Crippen LogP contribution in [-0.4, -0.2) is 44.7 Å². The fourth-order valence-electron chi connectivity index (χ4n) is 1.94. The molecule has 1 aromatic carbocycles. The van der Waals surface area contributed by atoms with Gasteiger partial charge in [0.25, 0.3) is 0 Å². The third-order valence-corrected chi connectivity index (χ3v) is 3.09. The van der Waals surface area contributed by atoms with Gasteiger partial charge in [0, 0.05) is 27.2 Å². The molecule has 0 radical (unpaired) electrons. The summed E-state index contributed by atoms with van der Waals surface area (Å²) in [6.07, 6.45) is 5.02. The molecule has 0 fully saturated rings. The van der Waals surface area contributed by atoms with Gasteiger partial charge in [-0.15, -0.1) is 30.6 Å². The average Bonchev–Trinajstić information content (AvgIpc) is 2.52. The first-order chi connectivity index (χ1) is 10.3. The Kier molecular flexibility index (Phi) is 12.7. The number of nitrogens with zero attached hydrogens (tertiary/aromatic N) is 2. The highest BCUT2D eigenvalue weighted by Gasteiger charge is 2.04. The minimum absolute atomic E-state index is 0. The summed E-state index contributed by atoms with van der Waals surface area (Å²) < 4.78 is 5.66. The lowest BCUT2D eigenvalue weighted by Crippen LogP contribution is -2.40. The number of nitrogens with one attached hydrogen (secondary N) is 1. The zero-order valence-electron chi connectivity index (χ0n) is 13.6. The van der Waals surface area contributed by atoms with Crippen molar-refractivity contribution in [1.82, 2.24) is 10.2 Å². The third-order valence-electron chi connectivity index (χ3n) is 3.09. The predicted molar refractivity (Wildman–Crippen MR) is 105 cm³/mol. The van der Waals surface area contributed by atoms with Crippen LogP contribution in [0.2, 0.25) is 0 Å². The molecular formula is C17H28IN3O. The normalized spacial score (nSPS) is 10.5. The molecule has 124 valence electrons. The molecule has 0 atom stereocenters. The van der Waals surface area contributed by atoms with Crippen LogP contribution in [0.3, 0.4) is 0 Å². The van der Waals surface area contributed by atoms with E-state index in [0.29, 0.717) is 6.61 Å². The number of hydrogen-bond acceptors (Lipinski definition) is 2. The molecule has 0 unspecified atom stereocenters. The first-order valence-corrected chi connectivity index (χ1v) is 7.48. The topological polar surface area (TPSA) is 36.9 Å². The van der Waals surface area contributed by atoms with Crippen molar-refractivity contribution in [2.75, 3.05) is 33.8 Å². The van der Waals surface area contributed by atoms with Crippen molar-refractivity contribution in [3.8, 4) is 5.75 Å². The minimum Gasteiger partial charge on any atom is -0.494 e. The fourth-order valence-corrected chi connectivity index (χ4v) is 1.94. The Morgan fingerprint density at radius 2 is 2.05 bits per heavy atom. The summed E-state index contributed by atoms with van der Waals surface area (Å²) in [4.78, 5) is 6.43. The van der Waals surface area contributed by atoms with Crippen molar-refractivity contribution in [3.63, 3.8) is 0 Å². The Hall–Kier alpha value is -1.24. The number of hydrogen-bond donors (Lipinski definition) is 1. The number of unbranched alkanes of at least 4 members (excludes halogenated alkanes) is 1. The van der Waals surface area contributed by atoms with E-state index in [4.69, 9.17) is 4.74 Å². The van der Waals surface area contributed by atoms with E-state index in [-0.39, 0.29) is 24.0 Å². The Morgan fingerprint density at radius 3 is 2.68 bits per heavy atom. The quantitative estimate of drug-likeness (QED) is 0.220. The SMILES string of the molecule is C=CCCCN(C)C(=NC)NCCCOc1ccccc1.I. The number of halogens is 1. The van der Waals surface area contributed by atoms with Gasteiger partial charge in [-0.1, -0.05) is 24.3 Å². The third kappa shape index (κ3) is 8.92. The van der Waals surface area contributed by atoms with Crippen molar-refractivity contribution in [1.29, 1.82) is 0 Å². The van der Waals surface area contributed by atoms with Crippen LogP contribution in [0.1, 0.15) is 19.3 Å². The summed E-state index contributed by atoms with van der Waals surface area (Å²) in [7, 11) is 3.87. The molecule has 1 N–H and O–H groups in total. The summed E-state index contributed by atoms with van der Waals surface area (Å²) in [5.74, 6) is 1.85. The van der Waals surface area contributed by atoms with Crippen LogP contribution in [0.15, 0.2) is 48.0 Å². The lowest BCUT2D eigenvalue weighted by atomic mass is 10.3. The number of aliphatic imine (C=N–C) groups is 1. The van der Waals surface area contributed by atoms with Gasteiger partial charge in [0.1, 0.15) is 5.75 Å². The largest absolute Gasteiger partial charge is 0.494 e. The molecule has 0 bridgehead atoms. The predicted octanol–water partition coefficient (Wildman–Crippen LogP) is 3.55. The van der Waals surface area contributed by atoms with Crippen molar-refractivity contribution in [3.05, 3.63) is 43.0 Å². The minimum atomic E-state index is 0. The number of ether oxygens (including phenoxy) is 1. The molecule has 22 heavy (non-hydrogen) atoms. The second-order valence-electron chi connectivity index (χ2n) is 4.84. The van der Waals surface area contributed by atoms with Crippen LogP contribution in [0, 0.1) is 0 Å². The summed E-state index contributed by atoms with van der Waals surface area (Å²) >= 11 is 0. The van der Waals surface area contributed by atoms with E-state index in [0.717, 1.165) is 44.1 Å². The van der Waals surface area contributed by atoms with Gasteiger partial charge in [0.2, 0.25) is 0 Å². The van der Waals surface area contributed by atoms with Crippen molar-refractivity contribution < 1.29 is 4.74 Å². The number of benzene rings is 1. The first kappa shape index (κ1) is 20.8. The maximum absolute atomic E-state index is 5.66. The fraction of sp³-hybridized carbons (Fsp3) is 0.471. The molecule has 1 aromatic rings. The summed E-state index contributed by atoms with van der Waals surface area (Å²) in [5.41, 5.74) is 0. The highest BCUT2D eigenvalue weighted by molar-refractivity contribution is 14.0. The van der Waals surface area contributed by atoms with E-state index < -0.39 is 0 Å². The lowest BCUT2D eigenvalue weighted by Gasteiger charge is -2.21. The van der Waals surface area contributed by atoms with Crippen LogP contribution in [-0.2, 0) is 0 Å². The molecule has 0 saturated heterocycles. The molecule has 0 amide bonds. The first-order valence-electron chi connectivity index (χ1n) is 7.48. The van der Waals surface area contributed by atoms with Crippen LogP contribution >= 0.6 is 24.0 Å². The summed E-state index contributed by atoms with van der Waals surface area (Å²) in [5, 5.41) is 3.35. The molecule has 0 spiro atoms. The average molecular weight is 417 g/mol. The highest BCUT2D eigenvalue weighted by Crippen LogP contribution is 2.08. The number of guanidine groups is 1. The molecule has 0 aliphatic rings. The smallest absolute Gasteiger partial charge is 0.193 e. The Morgan fingerprint density at radius 1 is 1.32 bits per heavy atom. The van der Waals surface area contributed by atoms with E-state index in [1.165, 1.54) is 0 Å².